The molecule has 4 aromatic carbocycles. The van der Waals surface area contributed by atoms with E-state index in [4.69, 9.17) is 0 Å². The van der Waals surface area contributed by atoms with Crippen molar-refractivity contribution in [2.45, 2.75) is 120 Å². The van der Waals surface area contributed by atoms with Gasteiger partial charge in [-0.15, -0.1) is 0 Å². The molecule has 0 bridgehead atoms. The number of allylic oxidation sites excluding steroid dienone is 4. The van der Waals surface area contributed by atoms with Gasteiger partial charge < -0.3 is 24.8 Å². The number of hydrogen-bond donors (Lipinski definition) is 0. The molecule has 0 nitrogen and oxygen atoms in total. The molecule has 0 saturated carbocycles. The summed E-state index contributed by atoms with van der Waals surface area (Å²) in [6, 6.07) is 26.1. The molecule has 2 unspecified atom stereocenters. The molecule has 0 radical (unpaired) electrons. The smallest absolute Gasteiger partial charge is 1.00 e. The van der Waals surface area contributed by atoms with E-state index < -0.39 is 21.3 Å². The summed E-state index contributed by atoms with van der Waals surface area (Å²) in [6.45, 7) is 29.1. The number of fused-ring (bicyclic) bond motifs is 3. The van der Waals surface area contributed by atoms with Gasteiger partial charge >= 0.3 is 314 Å². The molecule has 0 heterocycles. The Balaban J connectivity index is 0.00000302. The largest absolute Gasteiger partial charge is 1.00 e. The van der Waals surface area contributed by atoms with Gasteiger partial charge in [0, 0.05) is 0 Å². The molecule has 0 amide bonds. The summed E-state index contributed by atoms with van der Waals surface area (Å²) in [5, 5.41) is 0. The fourth-order valence-electron chi connectivity index (χ4n) is 8.64. The first-order chi connectivity index (χ1) is 23.7. The predicted octanol–water partition coefficient (Wildman–Crippen LogP) is 7.16. The van der Waals surface area contributed by atoms with Gasteiger partial charge in [0.05, 0.1) is 0 Å². The van der Waals surface area contributed by atoms with E-state index >= 15 is 0 Å². The third kappa shape index (κ3) is 7.90. The molecule has 3 heteroatoms. The second-order valence-corrected chi connectivity index (χ2v) is 23.4. The second kappa shape index (κ2) is 16.6. The van der Waals surface area contributed by atoms with E-state index in [1.54, 1.807) is 17.7 Å². The van der Waals surface area contributed by atoms with Crippen molar-refractivity contribution in [3.05, 3.63) is 122 Å². The summed E-state index contributed by atoms with van der Waals surface area (Å²) in [4.78, 5) is 0. The van der Waals surface area contributed by atoms with E-state index in [1.165, 1.54) is 68.5 Å². The fraction of sp³-hybridized carbons (Fsp3) is 0.408. The van der Waals surface area contributed by atoms with Crippen LogP contribution >= 0.6 is 0 Å². The molecule has 52 heavy (non-hydrogen) atoms. The summed E-state index contributed by atoms with van der Waals surface area (Å²) < 4.78 is 5.46. The van der Waals surface area contributed by atoms with Crippen molar-refractivity contribution < 1.29 is 46.1 Å². The maximum absolute atomic E-state index is 2.70. The molecule has 2 aliphatic carbocycles. The molecule has 6 rings (SSSR count). The van der Waals surface area contributed by atoms with Crippen LogP contribution in [-0.4, -0.2) is 3.21 Å². The molecule has 0 aliphatic heterocycles. The minimum absolute atomic E-state index is 0. The Morgan fingerprint density at radius 1 is 0.673 bits per heavy atom. The molecule has 0 saturated heterocycles. The first-order valence-electron chi connectivity index (χ1n) is 19.3. The molecular weight excluding hydrogens is 751 g/mol. The minimum Gasteiger partial charge on any atom is -1.00 e. The van der Waals surface area contributed by atoms with Crippen molar-refractivity contribution in [3.63, 3.8) is 0 Å². The average Bonchev–Trinajstić information content (AvgIpc) is 3.73. The van der Waals surface area contributed by atoms with Gasteiger partial charge in [0.1, 0.15) is 0 Å². The molecule has 2 atom stereocenters. The van der Waals surface area contributed by atoms with Crippen LogP contribution in [-0.2, 0) is 38.5 Å². The maximum atomic E-state index is 2.65. The van der Waals surface area contributed by atoms with Crippen LogP contribution in [0.2, 0.25) is 0 Å². The van der Waals surface area contributed by atoms with Crippen molar-refractivity contribution in [1.82, 2.24) is 0 Å². The minimum atomic E-state index is -2.70. The Labute approximate surface area is 336 Å². The fourth-order valence-corrected chi connectivity index (χ4v) is 18.5. The second-order valence-electron chi connectivity index (χ2n) is 17.3. The number of halogens is 2. The zero-order valence-corrected chi connectivity index (χ0v) is 37.8. The Kier molecular flexibility index (Phi) is 13.5. The van der Waals surface area contributed by atoms with Crippen LogP contribution in [0, 0.1) is 25.7 Å². The van der Waals surface area contributed by atoms with E-state index in [0.717, 1.165) is 12.8 Å². The SMILES string of the molecule is CCC(C)[C](C(C)CC)=[Zr+2]([C]1=CC=CC1)[c]1c2c(cc(C(C)(C)C)c1-c1ccccc1C)-c1cc(C(C)(C)C)c(-c3ccccc3C)cc1C2.[Cl-].[Cl-]. The van der Waals surface area contributed by atoms with Crippen molar-refractivity contribution in [2.24, 2.45) is 11.8 Å². The third-order valence-corrected chi connectivity index (χ3v) is 20.6. The number of rotatable bonds is 8. The van der Waals surface area contributed by atoms with Crippen molar-refractivity contribution in [1.29, 1.82) is 0 Å². The van der Waals surface area contributed by atoms with Crippen LogP contribution in [0.25, 0.3) is 33.4 Å². The first kappa shape index (κ1) is 42.4. The van der Waals surface area contributed by atoms with E-state index in [-0.39, 0.29) is 35.6 Å². The Morgan fingerprint density at radius 2 is 1.21 bits per heavy atom. The van der Waals surface area contributed by atoms with Crippen LogP contribution in [0.15, 0.2) is 88.2 Å². The van der Waals surface area contributed by atoms with E-state index in [0.29, 0.717) is 11.8 Å². The Hall–Kier alpha value is -2.31. The van der Waals surface area contributed by atoms with Gasteiger partial charge in [0.2, 0.25) is 0 Å². The molecule has 274 valence electrons. The summed E-state index contributed by atoms with van der Waals surface area (Å²) in [7, 11) is 0. The van der Waals surface area contributed by atoms with E-state index in [1.807, 2.05) is 3.21 Å². The van der Waals surface area contributed by atoms with Gasteiger partial charge in [-0.25, -0.2) is 0 Å². The van der Waals surface area contributed by atoms with E-state index in [2.05, 4.69) is 168 Å². The van der Waals surface area contributed by atoms with Gasteiger partial charge in [0.15, 0.2) is 0 Å². The summed E-state index contributed by atoms with van der Waals surface area (Å²) in [6.07, 6.45) is 11.9. The summed E-state index contributed by atoms with van der Waals surface area (Å²) in [5.41, 5.74) is 17.6. The van der Waals surface area contributed by atoms with Crippen LogP contribution < -0.4 is 28.1 Å². The molecule has 0 N–H and O–H groups in total. The Bertz CT molecular complexity index is 2030. The monoisotopic (exact) mass is 808 g/mol. The average molecular weight is 811 g/mol. The molecule has 2 aliphatic rings. The number of hydrogen-bond acceptors (Lipinski definition) is 0. The first-order valence-corrected chi connectivity index (χ1v) is 23.0. The quantitative estimate of drug-likeness (QED) is 0.156. The van der Waals surface area contributed by atoms with E-state index in [9.17, 15) is 0 Å². The zero-order chi connectivity index (χ0) is 36.1. The third-order valence-electron chi connectivity index (χ3n) is 11.7. The predicted molar refractivity (Wildman–Crippen MR) is 218 cm³/mol. The van der Waals surface area contributed by atoms with Gasteiger partial charge in [-0.2, -0.15) is 0 Å². The van der Waals surface area contributed by atoms with Crippen molar-refractivity contribution in [2.75, 3.05) is 0 Å². The molecule has 4 aromatic rings. The maximum Gasteiger partial charge on any atom is -1.00 e. The topological polar surface area (TPSA) is 0 Å². The van der Waals surface area contributed by atoms with Crippen LogP contribution in [0.3, 0.4) is 0 Å². The Morgan fingerprint density at radius 3 is 1.71 bits per heavy atom. The van der Waals surface area contributed by atoms with Crippen LogP contribution in [0.5, 0.6) is 0 Å². The number of aryl methyl sites for hydroxylation is 2. The zero-order valence-electron chi connectivity index (χ0n) is 33.8. The standard InChI is InChI=1S/C35H37.C9H18.C5H5.2ClH.Zr/c1-22-13-9-11-15-26(22)30-18-24-17-25-19-31(27-16-12-10-14-23(27)2)33(35(6,7)8)21-29(25)28(24)20-32(30)34(3,4)5;1-5-8(3)7-9(4)6-2;1-2-4-5-3-1;;;/h9-16,18,20-21H,17H2,1-8H3;8-9H,5-6H2,1-4H3;1-3H,4H2;2*1H;/q;;;;;+2/p-2. The molecule has 0 spiro atoms. The molecular formula is C49H60Cl2Zr. The summed E-state index contributed by atoms with van der Waals surface area (Å²) >= 11 is -2.70. The summed E-state index contributed by atoms with van der Waals surface area (Å²) in [5.74, 6) is 1.23. The van der Waals surface area contributed by atoms with Gasteiger partial charge in [-0.3, -0.25) is 0 Å². The van der Waals surface area contributed by atoms with Gasteiger partial charge in [-0.05, 0) is 0 Å². The van der Waals surface area contributed by atoms with Crippen LogP contribution in [0.1, 0.15) is 122 Å². The van der Waals surface area contributed by atoms with Crippen molar-refractivity contribution in [3.8, 4) is 33.4 Å². The molecule has 0 aromatic heterocycles. The van der Waals surface area contributed by atoms with Crippen LogP contribution in [0.4, 0.5) is 0 Å². The van der Waals surface area contributed by atoms with Crippen molar-refractivity contribution >= 4 is 6.48 Å². The number of benzene rings is 4. The normalized spacial score (nSPS) is 14.3. The van der Waals surface area contributed by atoms with Gasteiger partial charge in [0.25, 0.3) is 0 Å². The van der Waals surface area contributed by atoms with Gasteiger partial charge in [-0.1, -0.05) is 0 Å². The molecule has 0 fully saturated rings.